The number of benzene rings is 2. The van der Waals surface area contributed by atoms with Crippen LogP contribution in [0.4, 0.5) is 5.69 Å². The van der Waals surface area contributed by atoms with Gasteiger partial charge in [-0.3, -0.25) is 4.79 Å². The first-order valence-corrected chi connectivity index (χ1v) is 6.86. The molecule has 0 aliphatic carbocycles. The number of ether oxygens (including phenoxy) is 1. The van der Waals surface area contributed by atoms with Gasteiger partial charge in [0.05, 0.1) is 0 Å². The molecular weight excluding hydrogens is 266 g/mol. The van der Waals surface area contributed by atoms with E-state index in [4.69, 9.17) is 9.84 Å². The highest BCUT2D eigenvalue weighted by molar-refractivity contribution is 5.91. The molecule has 0 saturated carbocycles. The molecule has 4 heteroatoms. The van der Waals surface area contributed by atoms with Crippen LogP contribution in [-0.4, -0.2) is 24.2 Å². The van der Waals surface area contributed by atoms with E-state index in [0.717, 1.165) is 11.1 Å². The smallest absolute Gasteiger partial charge is 0.262 e. The van der Waals surface area contributed by atoms with E-state index in [1.807, 2.05) is 55.5 Å². The van der Waals surface area contributed by atoms with Crippen molar-refractivity contribution in [1.29, 1.82) is 0 Å². The molecule has 0 radical (unpaired) electrons. The topological polar surface area (TPSA) is 58.6 Å². The molecule has 2 N–H and O–H groups in total. The highest BCUT2D eigenvalue weighted by atomic mass is 16.5. The lowest BCUT2D eigenvalue weighted by atomic mass is 10.1. The second kappa shape index (κ2) is 7.45. The third-order valence-corrected chi connectivity index (χ3v) is 3.03. The molecule has 0 aromatic heterocycles. The van der Waals surface area contributed by atoms with Gasteiger partial charge >= 0.3 is 0 Å². The zero-order chi connectivity index (χ0) is 15.1. The van der Waals surface area contributed by atoms with Crippen molar-refractivity contribution in [2.24, 2.45) is 0 Å². The van der Waals surface area contributed by atoms with Crippen molar-refractivity contribution in [2.75, 3.05) is 18.5 Å². The molecule has 0 aliphatic heterocycles. The van der Waals surface area contributed by atoms with E-state index in [0.29, 0.717) is 17.9 Å². The van der Waals surface area contributed by atoms with Crippen LogP contribution < -0.4 is 10.1 Å². The van der Waals surface area contributed by atoms with Gasteiger partial charge in [0.15, 0.2) is 6.61 Å². The fraction of sp³-hybridized carbons (Fsp3) is 0.235. The van der Waals surface area contributed by atoms with Crippen molar-refractivity contribution in [3.63, 3.8) is 0 Å². The summed E-state index contributed by atoms with van der Waals surface area (Å²) in [6, 6.07) is 14.9. The van der Waals surface area contributed by atoms with Crippen LogP contribution in [0.15, 0.2) is 48.5 Å². The number of aliphatic hydroxyl groups is 1. The predicted octanol–water partition coefficient (Wildman–Crippen LogP) is 2.55. The molecule has 4 nitrogen and oxygen atoms in total. The number of anilines is 1. The summed E-state index contributed by atoms with van der Waals surface area (Å²) in [7, 11) is 0. The quantitative estimate of drug-likeness (QED) is 0.857. The second-order valence-electron chi connectivity index (χ2n) is 4.82. The van der Waals surface area contributed by atoms with Gasteiger partial charge in [-0.2, -0.15) is 0 Å². The summed E-state index contributed by atoms with van der Waals surface area (Å²) < 4.78 is 5.41. The Bertz CT molecular complexity index is 576. The fourth-order valence-corrected chi connectivity index (χ4v) is 1.86. The van der Waals surface area contributed by atoms with Crippen molar-refractivity contribution in [3.05, 3.63) is 59.7 Å². The van der Waals surface area contributed by atoms with Gasteiger partial charge in [0.2, 0.25) is 0 Å². The molecule has 2 rings (SSSR count). The van der Waals surface area contributed by atoms with Gasteiger partial charge in [0.25, 0.3) is 5.91 Å². The number of hydrogen-bond acceptors (Lipinski definition) is 3. The molecule has 0 bridgehead atoms. The SMILES string of the molecule is Cc1ccc(OCC(=O)Nc2ccc(CCO)cc2)cc1. The van der Waals surface area contributed by atoms with E-state index in [9.17, 15) is 4.79 Å². The third kappa shape index (κ3) is 4.93. The molecular formula is C17H19NO3. The minimum absolute atomic E-state index is 0.0263. The number of hydrogen-bond donors (Lipinski definition) is 2. The maximum Gasteiger partial charge on any atom is 0.262 e. The molecule has 0 spiro atoms. The summed E-state index contributed by atoms with van der Waals surface area (Å²) in [5.41, 5.74) is 2.90. The molecule has 0 fully saturated rings. The van der Waals surface area contributed by atoms with E-state index in [1.54, 1.807) is 0 Å². The molecule has 21 heavy (non-hydrogen) atoms. The van der Waals surface area contributed by atoms with E-state index in [1.165, 1.54) is 0 Å². The van der Waals surface area contributed by atoms with Crippen LogP contribution >= 0.6 is 0 Å². The number of nitrogens with one attached hydrogen (secondary N) is 1. The average molecular weight is 285 g/mol. The second-order valence-corrected chi connectivity index (χ2v) is 4.82. The van der Waals surface area contributed by atoms with E-state index in [-0.39, 0.29) is 19.1 Å². The zero-order valence-corrected chi connectivity index (χ0v) is 12.0. The van der Waals surface area contributed by atoms with Crippen LogP contribution in [0.5, 0.6) is 5.75 Å². The Morgan fingerprint density at radius 2 is 1.76 bits per heavy atom. The molecule has 0 aliphatic rings. The van der Waals surface area contributed by atoms with Gasteiger partial charge in [-0.1, -0.05) is 29.8 Å². The van der Waals surface area contributed by atoms with E-state index in [2.05, 4.69) is 5.32 Å². The molecule has 2 aromatic rings. The Kier molecular flexibility index (Phi) is 5.35. The minimum Gasteiger partial charge on any atom is -0.484 e. The Balaban J connectivity index is 1.82. The fourth-order valence-electron chi connectivity index (χ4n) is 1.86. The van der Waals surface area contributed by atoms with Crippen LogP contribution in [0.2, 0.25) is 0 Å². The van der Waals surface area contributed by atoms with Crippen molar-refractivity contribution in [2.45, 2.75) is 13.3 Å². The predicted molar refractivity (Wildman–Crippen MR) is 82.5 cm³/mol. The molecule has 110 valence electrons. The van der Waals surface area contributed by atoms with Crippen LogP contribution in [0.1, 0.15) is 11.1 Å². The standard InChI is InChI=1S/C17H19NO3/c1-13-2-8-16(9-3-13)21-12-17(20)18-15-6-4-14(5-7-15)10-11-19/h2-9,19H,10-12H2,1H3,(H,18,20). The minimum atomic E-state index is -0.203. The van der Waals surface area contributed by atoms with Crippen LogP contribution in [0.25, 0.3) is 0 Å². The van der Waals surface area contributed by atoms with Crippen molar-refractivity contribution < 1.29 is 14.6 Å². The monoisotopic (exact) mass is 285 g/mol. The number of amides is 1. The van der Waals surface area contributed by atoms with Crippen molar-refractivity contribution >= 4 is 11.6 Å². The van der Waals surface area contributed by atoms with Crippen LogP contribution in [0.3, 0.4) is 0 Å². The van der Waals surface area contributed by atoms with Crippen LogP contribution in [-0.2, 0) is 11.2 Å². The molecule has 2 aromatic carbocycles. The van der Waals surface area contributed by atoms with Crippen molar-refractivity contribution in [1.82, 2.24) is 0 Å². The lowest BCUT2D eigenvalue weighted by molar-refractivity contribution is -0.118. The Morgan fingerprint density at radius 3 is 2.38 bits per heavy atom. The molecule has 0 atom stereocenters. The zero-order valence-electron chi connectivity index (χ0n) is 12.0. The maximum atomic E-state index is 11.8. The maximum absolute atomic E-state index is 11.8. The molecule has 0 unspecified atom stereocenters. The van der Waals surface area contributed by atoms with Gasteiger partial charge in [-0.15, -0.1) is 0 Å². The highest BCUT2D eigenvalue weighted by Gasteiger charge is 2.04. The lowest BCUT2D eigenvalue weighted by Gasteiger charge is -2.08. The normalized spacial score (nSPS) is 10.2. The summed E-state index contributed by atoms with van der Waals surface area (Å²) >= 11 is 0. The van der Waals surface area contributed by atoms with Gasteiger partial charge in [0, 0.05) is 12.3 Å². The summed E-state index contributed by atoms with van der Waals surface area (Å²) in [6.45, 7) is 2.09. The average Bonchev–Trinajstić information content (AvgIpc) is 2.49. The third-order valence-electron chi connectivity index (χ3n) is 3.03. The number of aryl methyl sites for hydroxylation is 1. The van der Waals surface area contributed by atoms with Crippen molar-refractivity contribution in [3.8, 4) is 5.75 Å². The van der Waals surface area contributed by atoms with Gasteiger partial charge < -0.3 is 15.2 Å². The van der Waals surface area contributed by atoms with Gasteiger partial charge in [0.1, 0.15) is 5.75 Å². The van der Waals surface area contributed by atoms with Gasteiger partial charge in [-0.05, 0) is 43.2 Å². The number of carbonyl (C=O) groups excluding carboxylic acids is 1. The first-order valence-electron chi connectivity index (χ1n) is 6.86. The van der Waals surface area contributed by atoms with Crippen LogP contribution in [0, 0.1) is 6.92 Å². The largest absolute Gasteiger partial charge is 0.484 e. The Labute approximate surface area is 124 Å². The Morgan fingerprint density at radius 1 is 1.10 bits per heavy atom. The molecule has 0 saturated heterocycles. The number of carbonyl (C=O) groups is 1. The molecule has 0 heterocycles. The van der Waals surface area contributed by atoms with Gasteiger partial charge in [-0.25, -0.2) is 0 Å². The van der Waals surface area contributed by atoms with E-state index < -0.39 is 0 Å². The summed E-state index contributed by atoms with van der Waals surface area (Å²) in [5, 5.41) is 11.6. The number of aliphatic hydroxyl groups excluding tert-OH is 1. The highest BCUT2D eigenvalue weighted by Crippen LogP contribution is 2.12. The summed E-state index contributed by atoms with van der Waals surface area (Å²) in [4.78, 5) is 11.8. The molecule has 1 amide bonds. The van der Waals surface area contributed by atoms with E-state index >= 15 is 0 Å². The number of rotatable bonds is 6. The first-order chi connectivity index (χ1) is 10.2. The Hall–Kier alpha value is -2.33. The summed E-state index contributed by atoms with van der Waals surface area (Å²) in [5.74, 6) is 0.472. The first kappa shape index (κ1) is 15.1. The lowest BCUT2D eigenvalue weighted by Crippen LogP contribution is -2.20. The summed E-state index contributed by atoms with van der Waals surface area (Å²) in [6.07, 6.45) is 0.616.